The Kier molecular flexibility index (Phi) is 4.26. The smallest absolute Gasteiger partial charge is 0.0985 e. The molecule has 20 heavy (non-hydrogen) atoms. The summed E-state index contributed by atoms with van der Waals surface area (Å²) in [6.45, 7) is 8.20. The minimum atomic E-state index is -0.685. The Labute approximate surface area is 121 Å². The lowest BCUT2D eigenvalue weighted by atomic mass is 9.89. The van der Waals surface area contributed by atoms with E-state index in [1.165, 1.54) is 11.1 Å². The molecule has 2 heteroatoms. The van der Waals surface area contributed by atoms with Crippen LogP contribution in [0.25, 0.3) is 0 Å². The normalized spacial score (nSPS) is 14.1. The van der Waals surface area contributed by atoms with Crippen LogP contribution in [0.5, 0.6) is 0 Å². The number of hydrogen-bond donors (Lipinski definition) is 2. The van der Waals surface area contributed by atoms with Gasteiger partial charge in [0.25, 0.3) is 0 Å². The third-order valence-electron chi connectivity index (χ3n) is 4.31. The lowest BCUT2D eigenvalue weighted by molar-refractivity contribution is 0.146. The zero-order valence-electron chi connectivity index (χ0n) is 12.6. The molecule has 0 heterocycles. The van der Waals surface area contributed by atoms with Gasteiger partial charge in [-0.1, -0.05) is 36.4 Å². The fourth-order valence-electron chi connectivity index (χ4n) is 2.59. The first-order chi connectivity index (χ1) is 9.43. The van der Waals surface area contributed by atoms with Gasteiger partial charge in [-0.3, -0.25) is 0 Å². The maximum absolute atomic E-state index is 10.6. The van der Waals surface area contributed by atoms with Crippen molar-refractivity contribution < 1.29 is 5.11 Å². The Bertz CT molecular complexity index is 563. The molecule has 2 aromatic rings. The maximum Gasteiger partial charge on any atom is 0.0985 e. The number of aliphatic hydroxyl groups excluding tert-OH is 1. The van der Waals surface area contributed by atoms with E-state index in [-0.39, 0.29) is 0 Å². The molecule has 2 unspecified atom stereocenters. The van der Waals surface area contributed by atoms with E-state index >= 15 is 0 Å². The highest BCUT2D eigenvalue weighted by atomic mass is 16.3. The van der Waals surface area contributed by atoms with Gasteiger partial charge < -0.3 is 10.8 Å². The molecular formula is C18H23NO. The van der Waals surface area contributed by atoms with E-state index in [4.69, 9.17) is 5.73 Å². The van der Waals surface area contributed by atoms with Gasteiger partial charge in [0.05, 0.1) is 12.1 Å². The van der Waals surface area contributed by atoms with Crippen molar-refractivity contribution in [1.82, 2.24) is 0 Å². The number of aryl methyl sites for hydroxylation is 2. The first-order valence-electron chi connectivity index (χ1n) is 6.99. The minimum Gasteiger partial charge on any atom is -0.386 e. The molecule has 0 fully saturated rings. The zero-order valence-corrected chi connectivity index (χ0v) is 12.6. The van der Waals surface area contributed by atoms with Gasteiger partial charge in [0.1, 0.15) is 0 Å². The molecule has 0 spiro atoms. The zero-order chi connectivity index (χ0) is 14.9. The van der Waals surface area contributed by atoms with E-state index in [1.54, 1.807) is 0 Å². The topological polar surface area (TPSA) is 46.2 Å². The first-order valence-corrected chi connectivity index (χ1v) is 6.99. The molecule has 2 nitrogen and oxygen atoms in total. The van der Waals surface area contributed by atoms with Crippen LogP contribution in [0.3, 0.4) is 0 Å². The Hall–Kier alpha value is -1.64. The third kappa shape index (κ3) is 2.62. The maximum atomic E-state index is 10.6. The molecule has 0 amide bonds. The molecule has 106 valence electrons. The SMILES string of the molecule is Cc1cccc(C(N)C(O)c2cccc(C)c2C)c1C. The number of aliphatic hydroxyl groups is 1. The van der Waals surface area contributed by atoms with Crippen molar-refractivity contribution in [1.29, 1.82) is 0 Å². The van der Waals surface area contributed by atoms with Crippen molar-refractivity contribution >= 4 is 0 Å². The lowest BCUT2D eigenvalue weighted by Gasteiger charge is -2.24. The Morgan fingerprint density at radius 1 is 0.800 bits per heavy atom. The molecule has 0 saturated heterocycles. The minimum absolute atomic E-state index is 0.407. The monoisotopic (exact) mass is 269 g/mol. The van der Waals surface area contributed by atoms with Crippen LogP contribution in [0.1, 0.15) is 45.5 Å². The highest BCUT2D eigenvalue weighted by Gasteiger charge is 2.22. The summed E-state index contributed by atoms with van der Waals surface area (Å²) >= 11 is 0. The predicted molar refractivity (Wildman–Crippen MR) is 83.7 cm³/mol. The molecule has 2 atom stereocenters. The second-order valence-electron chi connectivity index (χ2n) is 5.55. The van der Waals surface area contributed by atoms with E-state index < -0.39 is 12.1 Å². The van der Waals surface area contributed by atoms with E-state index in [0.717, 1.165) is 22.3 Å². The van der Waals surface area contributed by atoms with E-state index in [1.807, 2.05) is 31.2 Å². The van der Waals surface area contributed by atoms with Gasteiger partial charge in [-0.2, -0.15) is 0 Å². The van der Waals surface area contributed by atoms with E-state index in [9.17, 15) is 5.11 Å². The lowest BCUT2D eigenvalue weighted by Crippen LogP contribution is -2.21. The molecular weight excluding hydrogens is 246 g/mol. The molecule has 2 rings (SSSR count). The van der Waals surface area contributed by atoms with Gasteiger partial charge in [0, 0.05) is 0 Å². The molecule has 0 aromatic heterocycles. The van der Waals surface area contributed by atoms with Crippen LogP contribution in [0.4, 0.5) is 0 Å². The van der Waals surface area contributed by atoms with Gasteiger partial charge in [0.15, 0.2) is 0 Å². The highest BCUT2D eigenvalue weighted by Crippen LogP contribution is 2.32. The van der Waals surface area contributed by atoms with Crippen LogP contribution >= 0.6 is 0 Å². The van der Waals surface area contributed by atoms with E-state index in [2.05, 4.69) is 32.9 Å². The van der Waals surface area contributed by atoms with Crippen LogP contribution in [0.2, 0.25) is 0 Å². The van der Waals surface area contributed by atoms with Gasteiger partial charge in [-0.05, 0) is 61.1 Å². The summed E-state index contributed by atoms with van der Waals surface area (Å²) in [6.07, 6.45) is -0.685. The largest absolute Gasteiger partial charge is 0.386 e. The second kappa shape index (κ2) is 5.78. The third-order valence-corrected chi connectivity index (χ3v) is 4.31. The van der Waals surface area contributed by atoms with Crippen LogP contribution in [0, 0.1) is 27.7 Å². The van der Waals surface area contributed by atoms with Crippen LogP contribution in [-0.2, 0) is 0 Å². The van der Waals surface area contributed by atoms with Gasteiger partial charge in [-0.25, -0.2) is 0 Å². The average molecular weight is 269 g/mol. The standard InChI is InChI=1S/C18H23NO/c1-11-7-5-9-15(13(11)3)17(19)18(20)16-10-6-8-12(2)14(16)4/h5-10,17-18,20H,19H2,1-4H3. The van der Waals surface area contributed by atoms with Crippen molar-refractivity contribution in [3.05, 3.63) is 69.8 Å². The van der Waals surface area contributed by atoms with Crippen LogP contribution in [0.15, 0.2) is 36.4 Å². The average Bonchev–Trinajstić information content (AvgIpc) is 2.43. The molecule has 0 bridgehead atoms. The molecule has 0 aliphatic heterocycles. The molecule has 0 saturated carbocycles. The summed E-state index contributed by atoms with van der Waals surface area (Å²) in [7, 11) is 0. The van der Waals surface area contributed by atoms with Crippen molar-refractivity contribution in [2.75, 3.05) is 0 Å². The first kappa shape index (κ1) is 14.8. The van der Waals surface area contributed by atoms with Crippen molar-refractivity contribution in [3.63, 3.8) is 0 Å². The molecule has 0 aliphatic rings. The predicted octanol–water partition coefficient (Wildman–Crippen LogP) is 3.65. The van der Waals surface area contributed by atoms with Gasteiger partial charge in [-0.15, -0.1) is 0 Å². The quantitative estimate of drug-likeness (QED) is 0.893. The number of hydrogen-bond acceptors (Lipinski definition) is 2. The van der Waals surface area contributed by atoms with E-state index in [0.29, 0.717) is 0 Å². The summed E-state index contributed by atoms with van der Waals surface area (Å²) < 4.78 is 0. The summed E-state index contributed by atoms with van der Waals surface area (Å²) in [5.41, 5.74) is 12.9. The van der Waals surface area contributed by atoms with Crippen LogP contribution < -0.4 is 5.73 Å². The molecule has 0 radical (unpaired) electrons. The Morgan fingerprint density at radius 3 is 1.80 bits per heavy atom. The summed E-state index contributed by atoms with van der Waals surface area (Å²) in [6, 6.07) is 11.6. The summed E-state index contributed by atoms with van der Waals surface area (Å²) in [4.78, 5) is 0. The fourth-order valence-corrected chi connectivity index (χ4v) is 2.59. The molecule has 2 aromatic carbocycles. The second-order valence-corrected chi connectivity index (χ2v) is 5.55. The highest BCUT2D eigenvalue weighted by molar-refractivity contribution is 5.40. The number of benzene rings is 2. The van der Waals surface area contributed by atoms with Crippen molar-refractivity contribution in [2.24, 2.45) is 5.73 Å². The molecule has 3 N–H and O–H groups in total. The number of rotatable bonds is 3. The Balaban J connectivity index is 2.40. The van der Waals surface area contributed by atoms with Gasteiger partial charge >= 0.3 is 0 Å². The summed E-state index contributed by atoms with van der Waals surface area (Å²) in [5, 5.41) is 10.6. The number of nitrogens with two attached hydrogens (primary N) is 1. The van der Waals surface area contributed by atoms with Crippen LogP contribution in [-0.4, -0.2) is 5.11 Å². The van der Waals surface area contributed by atoms with Gasteiger partial charge in [0.2, 0.25) is 0 Å². The fraction of sp³-hybridized carbons (Fsp3) is 0.333. The molecule has 0 aliphatic carbocycles. The Morgan fingerprint density at radius 2 is 1.25 bits per heavy atom. The van der Waals surface area contributed by atoms with Crippen molar-refractivity contribution in [3.8, 4) is 0 Å². The van der Waals surface area contributed by atoms with Crippen molar-refractivity contribution in [2.45, 2.75) is 39.8 Å². The summed E-state index contributed by atoms with van der Waals surface area (Å²) in [5.74, 6) is 0.